The minimum absolute atomic E-state index is 0.161. The van der Waals surface area contributed by atoms with E-state index >= 15 is 0 Å². The Morgan fingerprint density at radius 2 is 1.60 bits per heavy atom. The third-order valence-corrected chi connectivity index (χ3v) is 9.19. The fourth-order valence-corrected chi connectivity index (χ4v) is 6.57. The molecule has 0 bridgehead atoms. The van der Waals surface area contributed by atoms with Gasteiger partial charge in [-0.15, -0.1) is 0 Å². The molecule has 3 rings (SSSR count). The van der Waals surface area contributed by atoms with Crippen molar-refractivity contribution in [3.05, 3.63) is 48.3 Å². The highest BCUT2D eigenvalue weighted by Gasteiger charge is 2.21. The molecule has 0 aliphatic rings. The van der Waals surface area contributed by atoms with E-state index < -0.39 is 7.60 Å². The highest BCUT2D eigenvalue weighted by Crippen LogP contribution is 2.42. The number of ether oxygens (including phenoxy) is 1. The van der Waals surface area contributed by atoms with Crippen molar-refractivity contribution in [1.82, 2.24) is 19.5 Å². The van der Waals surface area contributed by atoms with Crippen LogP contribution < -0.4 is 5.73 Å². The summed E-state index contributed by atoms with van der Waals surface area (Å²) in [6, 6.07) is 6.87. The van der Waals surface area contributed by atoms with E-state index in [0.717, 1.165) is 18.6 Å². The molecule has 2 aromatic heterocycles. The van der Waals surface area contributed by atoms with Crippen molar-refractivity contribution in [3.8, 4) is 0 Å². The second kappa shape index (κ2) is 19.3. The Balaban J connectivity index is 1.08. The summed E-state index contributed by atoms with van der Waals surface area (Å²) in [5.74, 6) is 1.87. The summed E-state index contributed by atoms with van der Waals surface area (Å²) in [4.78, 5) is 22.4. The van der Waals surface area contributed by atoms with Crippen LogP contribution in [0.3, 0.4) is 0 Å². The predicted octanol–water partition coefficient (Wildman–Crippen LogP) is 7.38. The highest BCUT2D eigenvalue weighted by molar-refractivity contribution is 7.99. The lowest BCUT2D eigenvalue weighted by Gasteiger charge is -2.17. The molecule has 0 aliphatic heterocycles. The number of anilines is 1. The van der Waals surface area contributed by atoms with Crippen LogP contribution in [0.1, 0.15) is 83.1 Å². The maximum Gasteiger partial charge on any atom is 0.353 e. The minimum Gasteiger partial charge on any atom is -0.382 e. The second-order valence-electron chi connectivity index (χ2n) is 10.8. The minimum atomic E-state index is -3.81. The van der Waals surface area contributed by atoms with Crippen LogP contribution in [0.4, 0.5) is 10.2 Å². The summed E-state index contributed by atoms with van der Waals surface area (Å²) < 4.78 is 37.8. The molecule has 0 amide bonds. The molecule has 9 nitrogen and oxygen atoms in total. The molecule has 234 valence electrons. The van der Waals surface area contributed by atoms with Gasteiger partial charge in [-0.3, -0.25) is 4.57 Å². The lowest BCUT2D eigenvalue weighted by molar-refractivity contribution is 0.0724. The molecule has 2 atom stereocenters. The number of aryl methyl sites for hydroxylation is 1. The van der Waals surface area contributed by atoms with E-state index in [-0.39, 0.29) is 24.9 Å². The van der Waals surface area contributed by atoms with Gasteiger partial charge in [0.25, 0.3) is 0 Å². The Labute approximate surface area is 253 Å². The topological polar surface area (TPSA) is 125 Å². The van der Waals surface area contributed by atoms with Crippen LogP contribution in [0.2, 0.25) is 0 Å². The second-order valence-corrected chi connectivity index (χ2v) is 13.8. The Morgan fingerprint density at radius 3 is 2.29 bits per heavy atom. The molecule has 0 radical (unpaired) electrons. The number of hydrogen-bond donors (Lipinski definition) is 2. The molecule has 12 heteroatoms. The van der Waals surface area contributed by atoms with Crippen molar-refractivity contribution < 1.29 is 23.1 Å². The fourth-order valence-electron chi connectivity index (χ4n) is 4.74. The number of unbranched alkanes of at least 4 members (excludes halogenated alkanes) is 10. The normalized spacial score (nSPS) is 13.9. The first-order valence-electron chi connectivity index (χ1n) is 15.2. The number of thioether (sulfide) groups is 1. The van der Waals surface area contributed by atoms with E-state index in [1.54, 1.807) is 34.8 Å². The summed E-state index contributed by atoms with van der Waals surface area (Å²) in [5.41, 5.74) is 8.15. The zero-order chi connectivity index (χ0) is 30.0. The molecule has 0 fully saturated rings. The van der Waals surface area contributed by atoms with Crippen LogP contribution in [0.25, 0.3) is 11.2 Å². The maximum absolute atomic E-state index is 12.9. The number of aromatic nitrogens is 4. The van der Waals surface area contributed by atoms with Crippen LogP contribution in [-0.2, 0) is 26.8 Å². The van der Waals surface area contributed by atoms with E-state index in [1.807, 2.05) is 19.1 Å². The number of benzene rings is 1. The van der Waals surface area contributed by atoms with Crippen LogP contribution in [-0.4, -0.2) is 55.0 Å². The molecule has 0 saturated heterocycles. The van der Waals surface area contributed by atoms with E-state index in [0.29, 0.717) is 29.3 Å². The van der Waals surface area contributed by atoms with Crippen molar-refractivity contribution in [2.75, 3.05) is 30.2 Å². The standard InChI is InChI=1S/C30H47FN5O4PS/c1-25(21-36-23-35-28-29(32)33-22-34-30(28)36)39-24-41(37,38)40-18-20-42-19-12-10-8-6-4-2-3-5-7-9-11-13-26-14-16-27(31)17-15-26/h14-17,22-23,25H,2-13,18-21,24H2,1H3,(H,37,38)(H2,32,33,34)/t25-/m1/s1. The van der Waals surface area contributed by atoms with Gasteiger partial charge < -0.3 is 24.5 Å². The first-order valence-corrected chi connectivity index (χ1v) is 18.1. The van der Waals surface area contributed by atoms with Gasteiger partial charge in [-0.1, -0.05) is 69.9 Å². The molecule has 3 aromatic rings. The molecule has 3 N–H and O–H groups in total. The Morgan fingerprint density at radius 1 is 0.952 bits per heavy atom. The fraction of sp³-hybridized carbons (Fsp3) is 0.633. The van der Waals surface area contributed by atoms with Gasteiger partial charge in [0, 0.05) is 5.75 Å². The van der Waals surface area contributed by atoms with E-state index in [1.165, 1.54) is 76.1 Å². The van der Waals surface area contributed by atoms with Crippen molar-refractivity contribution in [2.24, 2.45) is 0 Å². The van der Waals surface area contributed by atoms with Crippen LogP contribution in [0.5, 0.6) is 0 Å². The van der Waals surface area contributed by atoms with Gasteiger partial charge in [0.15, 0.2) is 11.5 Å². The number of nitrogens with zero attached hydrogens (tertiary/aromatic N) is 4. The third-order valence-electron chi connectivity index (χ3n) is 7.09. The summed E-state index contributed by atoms with van der Waals surface area (Å²) in [5, 5.41) is 0. The van der Waals surface area contributed by atoms with Gasteiger partial charge in [0.05, 0.1) is 25.6 Å². The van der Waals surface area contributed by atoms with E-state index in [9.17, 15) is 13.8 Å². The predicted molar refractivity (Wildman–Crippen MR) is 169 cm³/mol. The summed E-state index contributed by atoms with van der Waals surface area (Å²) in [7, 11) is -3.81. The molecule has 2 heterocycles. The zero-order valence-corrected chi connectivity index (χ0v) is 26.5. The molecular formula is C30H47FN5O4PS. The molecule has 0 spiro atoms. The van der Waals surface area contributed by atoms with Gasteiger partial charge in [-0.05, 0) is 49.6 Å². The number of halogens is 1. The Hall–Kier alpha value is -2.04. The zero-order valence-electron chi connectivity index (χ0n) is 24.8. The largest absolute Gasteiger partial charge is 0.382 e. The van der Waals surface area contributed by atoms with Crippen molar-refractivity contribution in [2.45, 2.75) is 96.6 Å². The number of imidazole rings is 1. The number of rotatable bonds is 23. The average molecular weight is 624 g/mol. The van der Waals surface area contributed by atoms with Gasteiger partial charge in [0.1, 0.15) is 24.0 Å². The molecular weight excluding hydrogens is 576 g/mol. The lowest BCUT2D eigenvalue weighted by atomic mass is 10.0. The molecule has 0 aliphatic carbocycles. The van der Waals surface area contributed by atoms with Gasteiger partial charge in [-0.25, -0.2) is 19.3 Å². The van der Waals surface area contributed by atoms with Crippen LogP contribution in [0.15, 0.2) is 36.9 Å². The van der Waals surface area contributed by atoms with Crippen LogP contribution in [0, 0.1) is 5.82 Å². The molecule has 0 saturated carbocycles. The van der Waals surface area contributed by atoms with E-state index in [4.69, 9.17) is 15.0 Å². The van der Waals surface area contributed by atoms with Gasteiger partial charge >= 0.3 is 7.60 Å². The monoisotopic (exact) mass is 623 g/mol. The average Bonchev–Trinajstić information content (AvgIpc) is 3.38. The first-order chi connectivity index (χ1) is 20.3. The van der Waals surface area contributed by atoms with Crippen molar-refractivity contribution in [3.63, 3.8) is 0 Å². The molecule has 1 aromatic carbocycles. The number of fused-ring (bicyclic) bond motifs is 1. The SMILES string of the molecule is C[C@H](Cn1cnc2c(N)ncnc21)OCP(=O)(O)OCCSCCCCCCCCCCCCCc1ccc(F)cc1. The third kappa shape index (κ3) is 13.5. The Bertz CT molecular complexity index is 1220. The molecule has 1 unspecified atom stereocenters. The van der Waals surface area contributed by atoms with Crippen LogP contribution >= 0.6 is 19.4 Å². The smallest absolute Gasteiger partial charge is 0.353 e. The first kappa shape index (κ1) is 34.5. The van der Waals surface area contributed by atoms with Crippen molar-refractivity contribution >= 4 is 36.3 Å². The number of hydrogen-bond acceptors (Lipinski definition) is 8. The highest BCUT2D eigenvalue weighted by atomic mass is 32.2. The maximum atomic E-state index is 12.9. The van der Waals surface area contributed by atoms with Crippen molar-refractivity contribution in [1.29, 1.82) is 0 Å². The quantitative estimate of drug-likeness (QED) is 0.0822. The summed E-state index contributed by atoms with van der Waals surface area (Å²) >= 11 is 1.76. The van der Waals surface area contributed by atoms with Gasteiger partial charge in [-0.2, -0.15) is 11.8 Å². The number of nitrogen functional groups attached to an aromatic ring is 1. The van der Waals surface area contributed by atoms with Gasteiger partial charge in [0.2, 0.25) is 0 Å². The molecule has 42 heavy (non-hydrogen) atoms. The summed E-state index contributed by atoms with van der Waals surface area (Å²) in [6.07, 6.45) is 17.2. The lowest BCUT2D eigenvalue weighted by Crippen LogP contribution is -2.17. The summed E-state index contributed by atoms with van der Waals surface area (Å²) in [6.45, 7) is 2.45. The number of nitrogens with two attached hydrogens (primary N) is 1. The Kier molecular flexibility index (Phi) is 15.8. The van der Waals surface area contributed by atoms with E-state index in [2.05, 4.69) is 15.0 Å².